The second-order valence-corrected chi connectivity index (χ2v) is 5.69. The third kappa shape index (κ3) is 15.3. The van der Waals surface area contributed by atoms with Crippen LogP contribution in [0.3, 0.4) is 0 Å². The van der Waals surface area contributed by atoms with Crippen LogP contribution in [-0.2, 0) is 9.53 Å². The fourth-order valence-corrected chi connectivity index (χ4v) is 2.21. The number of ether oxygens (including phenoxy) is 1. The molecule has 0 aliphatic rings. The summed E-state index contributed by atoms with van der Waals surface area (Å²) in [6.45, 7) is 3.30. The van der Waals surface area contributed by atoms with Crippen molar-refractivity contribution in [2.75, 3.05) is 13.2 Å². The minimum absolute atomic E-state index is 0.0861. The number of nitrogens with two attached hydrogens (primary N) is 1. The molecule has 0 aromatic rings. The average molecular weight is 298 g/mol. The largest absolute Gasteiger partial charge is 0.466 e. The molecule has 0 aliphatic heterocycles. The highest BCUT2D eigenvalue weighted by molar-refractivity contribution is 5.81. The van der Waals surface area contributed by atoms with Crippen molar-refractivity contribution in [3.63, 3.8) is 0 Å². The topological polar surface area (TPSA) is 76.2 Å². The summed E-state index contributed by atoms with van der Waals surface area (Å²) in [5.74, 6) is -0.0861. The molecule has 0 radical (unpaired) electrons. The molecule has 0 bridgehead atoms. The molecule has 0 aromatic carbocycles. The van der Waals surface area contributed by atoms with Crippen LogP contribution in [0.15, 0.2) is 0 Å². The SMILES string of the molecule is CCCCCCCCCC(=O)OCCCC(=N)CCCN. The molecule has 0 atom stereocenters. The quantitative estimate of drug-likeness (QED) is 0.270. The molecule has 0 spiro atoms. The monoisotopic (exact) mass is 298 g/mol. The zero-order valence-electron chi connectivity index (χ0n) is 13.8. The van der Waals surface area contributed by atoms with Gasteiger partial charge in [0.15, 0.2) is 0 Å². The van der Waals surface area contributed by atoms with Gasteiger partial charge in [-0.25, -0.2) is 0 Å². The molecule has 0 unspecified atom stereocenters. The second kappa shape index (κ2) is 15.5. The highest BCUT2D eigenvalue weighted by Gasteiger charge is 2.03. The number of nitrogens with one attached hydrogen (secondary N) is 1. The summed E-state index contributed by atoms with van der Waals surface area (Å²) in [6.07, 6.45) is 12.1. The van der Waals surface area contributed by atoms with Crippen LogP contribution in [0, 0.1) is 5.41 Å². The van der Waals surface area contributed by atoms with Gasteiger partial charge in [0.25, 0.3) is 0 Å². The Balaban J connectivity index is 3.29. The Kier molecular flexibility index (Phi) is 14.8. The Morgan fingerprint density at radius 3 is 2.19 bits per heavy atom. The highest BCUT2D eigenvalue weighted by atomic mass is 16.5. The predicted molar refractivity (Wildman–Crippen MR) is 88.8 cm³/mol. The number of unbranched alkanes of at least 4 members (excludes halogenated alkanes) is 6. The van der Waals surface area contributed by atoms with Crippen LogP contribution in [0.5, 0.6) is 0 Å². The molecular weight excluding hydrogens is 264 g/mol. The Bertz CT molecular complexity index is 268. The van der Waals surface area contributed by atoms with Crippen LogP contribution in [0.25, 0.3) is 0 Å². The van der Waals surface area contributed by atoms with Crippen LogP contribution >= 0.6 is 0 Å². The lowest BCUT2D eigenvalue weighted by atomic mass is 10.1. The Morgan fingerprint density at radius 2 is 1.52 bits per heavy atom. The first-order valence-corrected chi connectivity index (χ1v) is 8.62. The van der Waals surface area contributed by atoms with Crippen molar-refractivity contribution in [1.82, 2.24) is 0 Å². The van der Waals surface area contributed by atoms with Gasteiger partial charge in [0.05, 0.1) is 6.61 Å². The van der Waals surface area contributed by atoms with Gasteiger partial charge < -0.3 is 15.9 Å². The van der Waals surface area contributed by atoms with Crippen molar-refractivity contribution < 1.29 is 9.53 Å². The number of hydrogen-bond acceptors (Lipinski definition) is 4. The summed E-state index contributed by atoms with van der Waals surface area (Å²) in [5.41, 5.74) is 6.11. The van der Waals surface area contributed by atoms with E-state index in [1.807, 2.05) is 0 Å². The lowest BCUT2D eigenvalue weighted by Gasteiger charge is -2.06. The lowest BCUT2D eigenvalue weighted by Crippen LogP contribution is -2.08. The van der Waals surface area contributed by atoms with Crippen molar-refractivity contribution >= 4 is 11.7 Å². The fourth-order valence-electron chi connectivity index (χ4n) is 2.21. The number of rotatable bonds is 15. The van der Waals surface area contributed by atoms with Gasteiger partial charge in [-0.2, -0.15) is 0 Å². The van der Waals surface area contributed by atoms with Crippen LogP contribution < -0.4 is 5.73 Å². The number of carbonyl (C=O) groups is 1. The summed E-state index contributed by atoms with van der Waals surface area (Å²) in [6, 6.07) is 0. The predicted octanol–water partition coefficient (Wildman–Crippen LogP) is 4.21. The maximum atomic E-state index is 11.5. The van der Waals surface area contributed by atoms with E-state index in [9.17, 15) is 4.79 Å². The maximum Gasteiger partial charge on any atom is 0.305 e. The molecule has 0 aromatic heterocycles. The van der Waals surface area contributed by atoms with Gasteiger partial charge in [0.1, 0.15) is 0 Å². The van der Waals surface area contributed by atoms with Crippen LogP contribution in [0.2, 0.25) is 0 Å². The first kappa shape index (κ1) is 20.1. The Morgan fingerprint density at radius 1 is 0.905 bits per heavy atom. The van der Waals surface area contributed by atoms with E-state index in [0.717, 1.165) is 32.1 Å². The Labute approximate surface area is 130 Å². The molecule has 0 aliphatic carbocycles. The van der Waals surface area contributed by atoms with E-state index in [1.54, 1.807) is 0 Å². The molecule has 0 saturated heterocycles. The minimum atomic E-state index is -0.0861. The molecule has 0 fully saturated rings. The Hall–Kier alpha value is -0.900. The molecule has 4 nitrogen and oxygen atoms in total. The van der Waals surface area contributed by atoms with Crippen LogP contribution in [0.1, 0.15) is 84.0 Å². The molecule has 0 saturated carbocycles. The zero-order valence-corrected chi connectivity index (χ0v) is 13.8. The van der Waals surface area contributed by atoms with Gasteiger partial charge in [-0.15, -0.1) is 0 Å². The lowest BCUT2D eigenvalue weighted by molar-refractivity contribution is -0.143. The van der Waals surface area contributed by atoms with E-state index in [2.05, 4.69) is 6.92 Å². The summed E-state index contributed by atoms with van der Waals surface area (Å²) in [4.78, 5) is 11.5. The normalized spacial score (nSPS) is 10.6. The van der Waals surface area contributed by atoms with Crippen molar-refractivity contribution in [2.45, 2.75) is 84.0 Å². The fraction of sp³-hybridized carbons (Fsp3) is 0.882. The van der Waals surface area contributed by atoms with Crippen LogP contribution in [0.4, 0.5) is 0 Å². The zero-order chi connectivity index (χ0) is 15.8. The van der Waals surface area contributed by atoms with Gasteiger partial charge >= 0.3 is 5.97 Å². The van der Waals surface area contributed by atoms with Gasteiger partial charge in [-0.05, 0) is 38.6 Å². The molecule has 0 rings (SSSR count). The van der Waals surface area contributed by atoms with E-state index in [4.69, 9.17) is 15.9 Å². The third-order valence-corrected chi connectivity index (χ3v) is 3.55. The van der Waals surface area contributed by atoms with Crippen molar-refractivity contribution in [1.29, 1.82) is 5.41 Å². The van der Waals surface area contributed by atoms with Crippen molar-refractivity contribution in [3.05, 3.63) is 0 Å². The summed E-state index contributed by atoms with van der Waals surface area (Å²) >= 11 is 0. The standard InChI is InChI=1S/C17H34N2O2/c1-2-3-4-5-6-7-8-13-17(20)21-15-10-12-16(19)11-9-14-18/h19H,2-15,18H2,1H3. The van der Waals surface area contributed by atoms with E-state index in [-0.39, 0.29) is 5.97 Å². The maximum absolute atomic E-state index is 11.5. The van der Waals surface area contributed by atoms with E-state index >= 15 is 0 Å². The van der Waals surface area contributed by atoms with Gasteiger partial charge in [0.2, 0.25) is 0 Å². The molecular formula is C17H34N2O2. The molecule has 3 N–H and O–H groups in total. The minimum Gasteiger partial charge on any atom is -0.466 e. The van der Waals surface area contributed by atoms with Gasteiger partial charge in [-0.3, -0.25) is 4.79 Å². The first-order valence-electron chi connectivity index (χ1n) is 8.62. The summed E-state index contributed by atoms with van der Waals surface area (Å²) in [5, 5.41) is 7.69. The number of hydrogen-bond donors (Lipinski definition) is 2. The third-order valence-electron chi connectivity index (χ3n) is 3.55. The van der Waals surface area contributed by atoms with Crippen molar-refractivity contribution in [3.8, 4) is 0 Å². The first-order chi connectivity index (χ1) is 10.2. The average Bonchev–Trinajstić information content (AvgIpc) is 2.48. The molecule has 21 heavy (non-hydrogen) atoms. The second-order valence-electron chi connectivity index (χ2n) is 5.69. The highest BCUT2D eigenvalue weighted by Crippen LogP contribution is 2.09. The molecule has 0 heterocycles. The van der Waals surface area contributed by atoms with Crippen LogP contribution in [-0.4, -0.2) is 24.8 Å². The smallest absolute Gasteiger partial charge is 0.305 e. The molecule has 0 amide bonds. The van der Waals surface area contributed by atoms with Gasteiger partial charge in [0, 0.05) is 12.1 Å². The summed E-state index contributed by atoms with van der Waals surface area (Å²) in [7, 11) is 0. The number of esters is 1. The number of carbonyl (C=O) groups excluding carboxylic acids is 1. The van der Waals surface area contributed by atoms with E-state index < -0.39 is 0 Å². The van der Waals surface area contributed by atoms with Gasteiger partial charge in [-0.1, -0.05) is 45.4 Å². The van der Waals surface area contributed by atoms with E-state index in [0.29, 0.717) is 31.7 Å². The summed E-state index contributed by atoms with van der Waals surface area (Å²) < 4.78 is 5.18. The molecule has 4 heteroatoms. The van der Waals surface area contributed by atoms with E-state index in [1.165, 1.54) is 32.1 Å². The van der Waals surface area contributed by atoms with Crippen molar-refractivity contribution in [2.24, 2.45) is 5.73 Å². The molecule has 124 valence electrons.